The molecule has 0 aromatic heterocycles. The normalized spacial score (nSPS) is 30.8. The number of nitrogens with one attached hydrogen (secondary N) is 1. The zero-order valence-electron chi connectivity index (χ0n) is 15.1. The summed E-state index contributed by atoms with van der Waals surface area (Å²) >= 11 is 0. The van der Waals surface area contributed by atoms with Crippen LogP contribution in [0.1, 0.15) is 83.5 Å². The van der Waals surface area contributed by atoms with E-state index in [-0.39, 0.29) is 23.8 Å². The number of hydrogen-bond acceptors (Lipinski definition) is 2. The Balaban J connectivity index is 1.77. The summed E-state index contributed by atoms with van der Waals surface area (Å²) in [7, 11) is 0. The molecule has 2 amide bonds. The summed E-state index contributed by atoms with van der Waals surface area (Å²) in [4.78, 5) is 28.1. The van der Waals surface area contributed by atoms with Crippen molar-refractivity contribution in [3.63, 3.8) is 0 Å². The monoisotopic (exact) mass is 334 g/mol. The molecule has 2 unspecified atom stereocenters. The summed E-state index contributed by atoms with van der Waals surface area (Å²) in [6.07, 6.45) is 14.5. The molecule has 4 nitrogen and oxygen atoms in total. The lowest BCUT2D eigenvalue weighted by Gasteiger charge is -2.41. The van der Waals surface area contributed by atoms with Crippen LogP contribution in [0.2, 0.25) is 0 Å². The molecule has 2 atom stereocenters. The summed E-state index contributed by atoms with van der Waals surface area (Å²) < 4.78 is 0. The van der Waals surface area contributed by atoms with Crippen LogP contribution in [0.5, 0.6) is 0 Å². The van der Waals surface area contributed by atoms with E-state index < -0.39 is 0 Å². The molecule has 0 aromatic rings. The maximum absolute atomic E-state index is 13.3. The molecule has 2 aliphatic carbocycles. The van der Waals surface area contributed by atoms with Crippen molar-refractivity contribution in [3.05, 3.63) is 0 Å². The first-order valence-electron chi connectivity index (χ1n) is 10.4. The van der Waals surface area contributed by atoms with E-state index in [4.69, 9.17) is 0 Å². The smallest absolute Gasteiger partial charge is 0.225 e. The lowest BCUT2D eigenvalue weighted by molar-refractivity contribution is -0.143. The molecule has 136 valence electrons. The van der Waals surface area contributed by atoms with Crippen LogP contribution in [-0.2, 0) is 9.59 Å². The lowest BCUT2D eigenvalue weighted by Crippen LogP contribution is -2.52. The highest BCUT2D eigenvalue weighted by molar-refractivity contribution is 5.83. The first-order chi connectivity index (χ1) is 11.8. The molecule has 0 spiro atoms. The predicted octanol–water partition coefficient (Wildman–Crippen LogP) is 3.64. The van der Waals surface area contributed by atoms with Gasteiger partial charge in [-0.15, -0.1) is 0 Å². The fourth-order valence-corrected chi connectivity index (χ4v) is 4.92. The van der Waals surface area contributed by atoms with Crippen LogP contribution in [0.15, 0.2) is 0 Å². The zero-order valence-corrected chi connectivity index (χ0v) is 15.1. The minimum absolute atomic E-state index is 0.0180. The van der Waals surface area contributed by atoms with E-state index in [0.29, 0.717) is 5.91 Å². The maximum atomic E-state index is 13.3. The Bertz CT molecular complexity index is 431. The van der Waals surface area contributed by atoms with Crippen molar-refractivity contribution in [2.75, 3.05) is 13.1 Å². The van der Waals surface area contributed by atoms with Crippen LogP contribution in [-0.4, -0.2) is 35.8 Å². The number of fused-ring (bicyclic) bond motifs is 1. The highest BCUT2D eigenvalue weighted by Gasteiger charge is 2.38. The minimum atomic E-state index is 0.0180. The standard InChI is InChI=1S/C20H34N2O2/c23-19-17-12-6-7-13-18(17)22(15-9-2-1-8-14-21-19)20(24)16-10-4-3-5-11-16/h16-18H,1-15H2,(H,21,23). The number of carbonyl (C=O) groups is 2. The van der Waals surface area contributed by atoms with E-state index in [1.165, 1.54) is 25.7 Å². The van der Waals surface area contributed by atoms with Gasteiger partial charge in [0.25, 0.3) is 0 Å². The Labute approximate surface area is 146 Å². The Hall–Kier alpha value is -1.06. The maximum Gasteiger partial charge on any atom is 0.225 e. The van der Waals surface area contributed by atoms with Crippen molar-refractivity contribution in [2.45, 2.75) is 89.5 Å². The van der Waals surface area contributed by atoms with Gasteiger partial charge in [-0.25, -0.2) is 0 Å². The van der Waals surface area contributed by atoms with E-state index in [1.54, 1.807) is 0 Å². The van der Waals surface area contributed by atoms with Crippen LogP contribution in [0.4, 0.5) is 0 Å². The zero-order chi connectivity index (χ0) is 16.8. The Morgan fingerprint density at radius 3 is 2.33 bits per heavy atom. The van der Waals surface area contributed by atoms with E-state index >= 15 is 0 Å². The second kappa shape index (κ2) is 8.87. The molecule has 3 rings (SSSR count). The van der Waals surface area contributed by atoms with E-state index in [1.807, 2.05) is 0 Å². The number of rotatable bonds is 1. The highest BCUT2D eigenvalue weighted by atomic mass is 16.2. The number of nitrogens with zero attached hydrogens (tertiary/aromatic N) is 1. The Morgan fingerprint density at radius 2 is 1.50 bits per heavy atom. The van der Waals surface area contributed by atoms with Crippen LogP contribution in [0.25, 0.3) is 0 Å². The third-order valence-corrected chi connectivity index (χ3v) is 6.33. The van der Waals surface area contributed by atoms with Gasteiger partial charge in [-0.1, -0.05) is 44.9 Å². The summed E-state index contributed by atoms with van der Waals surface area (Å²) in [6, 6.07) is 0.145. The van der Waals surface area contributed by atoms with Crippen molar-refractivity contribution in [1.82, 2.24) is 10.2 Å². The molecule has 1 heterocycles. The van der Waals surface area contributed by atoms with Gasteiger partial charge in [-0.2, -0.15) is 0 Å². The molecular formula is C20H34N2O2. The molecule has 3 fully saturated rings. The lowest BCUT2D eigenvalue weighted by atomic mass is 9.81. The summed E-state index contributed by atoms with van der Waals surface area (Å²) in [6.45, 7) is 1.67. The average molecular weight is 335 g/mol. The molecule has 2 saturated carbocycles. The van der Waals surface area contributed by atoms with Crippen molar-refractivity contribution in [2.24, 2.45) is 11.8 Å². The van der Waals surface area contributed by atoms with Gasteiger partial charge in [0.05, 0.1) is 5.92 Å². The quantitative estimate of drug-likeness (QED) is 0.796. The van der Waals surface area contributed by atoms with Gasteiger partial charge in [-0.05, 0) is 38.5 Å². The van der Waals surface area contributed by atoms with Crippen molar-refractivity contribution in [3.8, 4) is 0 Å². The number of hydrogen-bond donors (Lipinski definition) is 1. The van der Waals surface area contributed by atoms with Crippen LogP contribution in [0.3, 0.4) is 0 Å². The molecule has 4 heteroatoms. The van der Waals surface area contributed by atoms with Gasteiger partial charge in [0, 0.05) is 25.0 Å². The first-order valence-corrected chi connectivity index (χ1v) is 10.4. The summed E-state index contributed by atoms with van der Waals surface area (Å²) in [5.41, 5.74) is 0. The van der Waals surface area contributed by atoms with Crippen molar-refractivity contribution >= 4 is 11.8 Å². The summed E-state index contributed by atoms with van der Waals surface area (Å²) in [5.74, 6) is 0.792. The third kappa shape index (κ3) is 4.31. The molecule has 0 radical (unpaired) electrons. The van der Waals surface area contributed by atoms with E-state index in [9.17, 15) is 9.59 Å². The highest BCUT2D eigenvalue weighted by Crippen LogP contribution is 2.33. The number of carbonyl (C=O) groups excluding carboxylic acids is 2. The van der Waals surface area contributed by atoms with Crippen molar-refractivity contribution in [1.29, 1.82) is 0 Å². The second-order valence-corrected chi connectivity index (χ2v) is 8.03. The van der Waals surface area contributed by atoms with Crippen molar-refractivity contribution < 1.29 is 9.59 Å². The molecule has 24 heavy (non-hydrogen) atoms. The Kier molecular flexibility index (Phi) is 6.56. The Morgan fingerprint density at radius 1 is 0.833 bits per heavy atom. The summed E-state index contributed by atoms with van der Waals surface area (Å²) in [5, 5.41) is 3.14. The second-order valence-electron chi connectivity index (χ2n) is 8.03. The van der Waals surface area contributed by atoms with Crippen LogP contribution in [0, 0.1) is 11.8 Å². The molecule has 0 aromatic carbocycles. The molecule has 3 aliphatic rings. The topological polar surface area (TPSA) is 49.4 Å². The van der Waals surface area contributed by atoms with Gasteiger partial charge in [0.15, 0.2) is 0 Å². The molecule has 1 N–H and O–H groups in total. The first kappa shape index (κ1) is 17.8. The van der Waals surface area contributed by atoms with Gasteiger partial charge in [0.1, 0.15) is 0 Å². The average Bonchev–Trinajstić information content (AvgIpc) is 2.67. The fourth-order valence-electron chi connectivity index (χ4n) is 4.92. The molecule has 1 aliphatic heterocycles. The van der Waals surface area contributed by atoms with Gasteiger partial charge < -0.3 is 10.2 Å². The SMILES string of the molecule is O=C1NCCCCCCN(C(=O)C2CCCCC2)C2CCCCC12. The third-order valence-electron chi connectivity index (χ3n) is 6.33. The van der Waals surface area contributed by atoms with Crippen LogP contribution >= 0.6 is 0 Å². The molecule has 0 bridgehead atoms. The van der Waals surface area contributed by atoms with E-state index in [0.717, 1.165) is 70.9 Å². The van der Waals surface area contributed by atoms with Crippen LogP contribution < -0.4 is 5.32 Å². The fraction of sp³-hybridized carbons (Fsp3) is 0.900. The van der Waals surface area contributed by atoms with E-state index in [2.05, 4.69) is 10.2 Å². The molecular weight excluding hydrogens is 300 g/mol. The van der Waals surface area contributed by atoms with Gasteiger partial charge >= 0.3 is 0 Å². The van der Waals surface area contributed by atoms with Gasteiger partial charge in [0.2, 0.25) is 11.8 Å². The minimum Gasteiger partial charge on any atom is -0.356 e. The van der Waals surface area contributed by atoms with Gasteiger partial charge in [-0.3, -0.25) is 9.59 Å². The predicted molar refractivity (Wildman–Crippen MR) is 95.5 cm³/mol. The molecule has 1 saturated heterocycles. The number of amides is 2. The largest absolute Gasteiger partial charge is 0.356 e.